The van der Waals surface area contributed by atoms with Gasteiger partial charge in [-0.15, -0.1) is 11.3 Å². The molecule has 5 heteroatoms. The van der Waals surface area contributed by atoms with Gasteiger partial charge in [0.2, 0.25) is 11.8 Å². The lowest BCUT2D eigenvalue weighted by atomic mass is 10.1. The predicted molar refractivity (Wildman–Crippen MR) is 101 cm³/mol. The molecule has 1 fully saturated rings. The number of hydrogen-bond acceptors (Lipinski definition) is 3. The lowest BCUT2D eigenvalue weighted by molar-refractivity contribution is -0.135. The molecule has 1 aliphatic rings. The molecule has 1 aliphatic heterocycles. The third-order valence-corrected chi connectivity index (χ3v) is 5.34. The summed E-state index contributed by atoms with van der Waals surface area (Å²) in [5.74, 6) is -0.270. The first-order chi connectivity index (χ1) is 12.1. The molecule has 1 aromatic carbocycles. The van der Waals surface area contributed by atoms with Crippen molar-refractivity contribution in [1.29, 1.82) is 0 Å². The van der Waals surface area contributed by atoms with Crippen LogP contribution in [0.1, 0.15) is 36.2 Å². The van der Waals surface area contributed by atoms with E-state index in [0.29, 0.717) is 0 Å². The number of benzene rings is 1. The Bertz CT molecular complexity index is 740. The van der Waals surface area contributed by atoms with Crippen molar-refractivity contribution in [2.75, 3.05) is 6.54 Å². The molecule has 0 saturated carbocycles. The Morgan fingerprint density at radius 2 is 2.04 bits per heavy atom. The number of rotatable bonds is 5. The van der Waals surface area contributed by atoms with Crippen LogP contribution in [-0.4, -0.2) is 29.3 Å². The molecule has 0 spiro atoms. The third-order valence-electron chi connectivity index (χ3n) is 4.36. The Morgan fingerprint density at radius 1 is 1.24 bits per heavy atom. The monoisotopic (exact) mass is 354 g/mol. The lowest BCUT2D eigenvalue weighted by Gasteiger charge is -2.27. The van der Waals surface area contributed by atoms with Crippen LogP contribution in [0.5, 0.6) is 0 Å². The summed E-state index contributed by atoms with van der Waals surface area (Å²) in [6.07, 6.45) is 5.21. The third kappa shape index (κ3) is 4.37. The Balaban J connectivity index is 1.58. The zero-order chi connectivity index (χ0) is 17.6. The van der Waals surface area contributed by atoms with Crippen molar-refractivity contribution in [3.05, 3.63) is 64.4 Å². The molecule has 2 unspecified atom stereocenters. The van der Waals surface area contributed by atoms with Gasteiger partial charge >= 0.3 is 0 Å². The van der Waals surface area contributed by atoms with Gasteiger partial charge in [-0.3, -0.25) is 9.59 Å². The van der Waals surface area contributed by atoms with Gasteiger partial charge < -0.3 is 10.2 Å². The SMILES string of the molecule is CC(NC(=O)/C=C/c1ccccc1)C(=O)N1CCCC1c1cccs1. The molecule has 4 nitrogen and oxygen atoms in total. The smallest absolute Gasteiger partial charge is 0.245 e. The molecule has 0 radical (unpaired) electrons. The molecule has 25 heavy (non-hydrogen) atoms. The fraction of sp³-hybridized carbons (Fsp3) is 0.300. The topological polar surface area (TPSA) is 49.4 Å². The van der Waals surface area contributed by atoms with E-state index in [2.05, 4.69) is 11.4 Å². The van der Waals surface area contributed by atoms with Gasteiger partial charge in [-0.2, -0.15) is 0 Å². The summed E-state index contributed by atoms with van der Waals surface area (Å²) in [6.45, 7) is 2.50. The van der Waals surface area contributed by atoms with Gasteiger partial charge in [-0.25, -0.2) is 0 Å². The van der Waals surface area contributed by atoms with Gasteiger partial charge in [0.25, 0.3) is 0 Å². The normalized spacial score (nSPS) is 18.4. The number of carbonyl (C=O) groups is 2. The van der Waals surface area contributed by atoms with Crippen LogP contribution in [0.4, 0.5) is 0 Å². The maximum atomic E-state index is 12.8. The highest BCUT2D eigenvalue weighted by atomic mass is 32.1. The van der Waals surface area contributed by atoms with Crippen LogP contribution in [-0.2, 0) is 9.59 Å². The van der Waals surface area contributed by atoms with Crippen LogP contribution in [0.2, 0.25) is 0 Å². The average molecular weight is 354 g/mol. The van der Waals surface area contributed by atoms with Crippen molar-refractivity contribution in [3.63, 3.8) is 0 Å². The number of carbonyl (C=O) groups excluding carboxylic acids is 2. The first kappa shape index (κ1) is 17.4. The Morgan fingerprint density at radius 3 is 2.76 bits per heavy atom. The molecule has 1 aromatic heterocycles. The van der Waals surface area contributed by atoms with Crippen molar-refractivity contribution in [1.82, 2.24) is 10.2 Å². The van der Waals surface area contributed by atoms with E-state index in [4.69, 9.17) is 0 Å². The van der Waals surface area contributed by atoms with E-state index in [1.54, 1.807) is 24.3 Å². The van der Waals surface area contributed by atoms with E-state index in [9.17, 15) is 9.59 Å². The van der Waals surface area contributed by atoms with Crippen molar-refractivity contribution in [3.8, 4) is 0 Å². The van der Waals surface area contributed by atoms with Gasteiger partial charge in [-0.1, -0.05) is 36.4 Å². The van der Waals surface area contributed by atoms with Crippen LogP contribution in [0.25, 0.3) is 6.08 Å². The molecule has 2 amide bonds. The van der Waals surface area contributed by atoms with E-state index < -0.39 is 6.04 Å². The van der Waals surface area contributed by atoms with Gasteiger partial charge in [0.1, 0.15) is 6.04 Å². The summed E-state index contributed by atoms with van der Waals surface area (Å²) < 4.78 is 0. The van der Waals surface area contributed by atoms with E-state index >= 15 is 0 Å². The van der Waals surface area contributed by atoms with Crippen molar-refractivity contribution >= 4 is 29.2 Å². The van der Waals surface area contributed by atoms with E-state index in [0.717, 1.165) is 24.9 Å². The second-order valence-corrected chi connectivity index (χ2v) is 7.16. The molecule has 1 N–H and O–H groups in total. The highest BCUT2D eigenvalue weighted by Crippen LogP contribution is 2.34. The highest BCUT2D eigenvalue weighted by molar-refractivity contribution is 7.10. The minimum atomic E-state index is -0.534. The predicted octanol–water partition coefficient (Wildman–Crippen LogP) is 3.63. The number of nitrogens with zero attached hydrogens (tertiary/aromatic N) is 1. The number of hydrogen-bond donors (Lipinski definition) is 1. The molecule has 130 valence electrons. The van der Waals surface area contributed by atoms with Gasteiger partial charge in [-0.05, 0) is 42.9 Å². The van der Waals surface area contributed by atoms with Crippen molar-refractivity contribution in [2.45, 2.75) is 31.8 Å². The van der Waals surface area contributed by atoms with E-state index in [1.165, 1.54) is 11.0 Å². The van der Waals surface area contributed by atoms with Crippen molar-refractivity contribution < 1.29 is 9.59 Å². The molecular formula is C20H22N2O2S. The molecular weight excluding hydrogens is 332 g/mol. The number of nitrogens with one attached hydrogen (secondary N) is 1. The van der Waals surface area contributed by atoms with Gasteiger partial charge in [0.15, 0.2) is 0 Å². The molecule has 3 rings (SSSR count). The van der Waals surface area contributed by atoms with Crippen LogP contribution in [0, 0.1) is 0 Å². The summed E-state index contributed by atoms with van der Waals surface area (Å²) in [4.78, 5) is 28.0. The molecule has 0 bridgehead atoms. The summed E-state index contributed by atoms with van der Waals surface area (Å²) in [6, 6.07) is 13.3. The standard InChI is InChI=1S/C20H22N2O2S/c1-15(21-19(23)12-11-16-7-3-2-4-8-16)20(24)22-13-5-9-17(22)18-10-6-14-25-18/h2-4,6-8,10-12,14-15,17H,5,9,13H2,1H3,(H,21,23)/b12-11+. The van der Waals surface area contributed by atoms with E-state index in [1.807, 2.05) is 46.7 Å². The molecule has 1 saturated heterocycles. The lowest BCUT2D eigenvalue weighted by Crippen LogP contribution is -2.46. The number of likely N-dealkylation sites (tertiary alicyclic amines) is 1. The largest absolute Gasteiger partial charge is 0.341 e. The van der Waals surface area contributed by atoms with Crippen LogP contribution >= 0.6 is 11.3 Å². The zero-order valence-electron chi connectivity index (χ0n) is 14.2. The molecule has 0 aliphatic carbocycles. The summed E-state index contributed by atoms with van der Waals surface area (Å²) >= 11 is 1.68. The number of amides is 2. The minimum absolute atomic E-state index is 0.0163. The van der Waals surface area contributed by atoms with Crippen LogP contribution < -0.4 is 5.32 Å². The molecule has 2 heterocycles. The quantitative estimate of drug-likeness (QED) is 0.834. The van der Waals surface area contributed by atoms with Crippen LogP contribution in [0.15, 0.2) is 53.9 Å². The fourth-order valence-electron chi connectivity index (χ4n) is 3.12. The summed E-state index contributed by atoms with van der Waals surface area (Å²) in [7, 11) is 0. The number of thiophene rings is 1. The van der Waals surface area contributed by atoms with Crippen molar-refractivity contribution in [2.24, 2.45) is 0 Å². The highest BCUT2D eigenvalue weighted by Gasteiger charge is 2.33. The maximum absolute atomic E-state index is 12.8. The summed E-state index contributed by atoms with van der Waals surface area (Å²) in [5, 5.41) is 4.82. The minimum Gasteiger partial charge on any atom is -0.341 e. The first-order valence-corrected chi connectivity index (χ1v) is 9.40. The maximum Gasteiger partial charge on any atom is 0.245 e. The Kier molecular flexibility index (Phi) is 5.66. The van der Waals surface area contributed by atoms with Gasteiger partial charge in [0.05, 0.1) is 6.04 Å². The van der Waals surface area contributed by atoms with Gasteiger partial charge in [0, 0.05) is 17.5 Å². The Hall–Kier alpha value is -2.40. The second kappa shape index (κ2) is 8.12. The Labute approximate surface area is 152 Å². The second-order valence-electron chi connectivity index (χ2n) is 6.18. The zero-order valence-corrected chi connectivity index (χ0v) is 15.0. The van der Waals surface area contributed by atoms with Crippen LogP contribution in [0.3, 0.4) is 0 Å². The van der Waals surface area contributed by atoms with E-state index in [-0.39, 0.29) is 17.9 Å². The first-order valence-electron chi connectivity index (χ1n) is 8.52. The summed E-state index contributed by atoms with van der Waals surface area (Å²) in [5.41, 5.74) is 0.953. The molecule has 2 atom stereocenters. The average Bonchev–Trinajstić information content (AvgIpc) is 3.31. The molecule has 2 aromatic rings. The fourth-order valence-corrected chi connectivity index (χ4v) is 3.99.